The third-order valence-corrected chi connectivity index (χ3v) is 5.63. The zero-order valence-electron chi connectivity index (χ0n) is 16.5. The molecule has 3 aromatic heterocycles. The number of hydrogen-bond donors (Lipinski definition) is 0. The molecule has 0 aliphatic rings. The highest BCUT2D eigenvalue weighted by molar-refractivity contribution is 7.99. The number of benzene rings is 1. The summed E-state index contributed by atoms with van der Waals surface area (Å²) in [4.78, 5) is 21.2. The molecule has 0 aliphatic heterocycles. The van der Waals surface area contributed by atoms with Gasteiger partial charge in [0.1, 0.15) is 17.4 Å². The van der Waals surface area contributed by atoms with E-state index < -0.39 is 12.6 Å². The summed E-state index contributed by atoms with van der Waals surface area (Å²) < 4.78 is 19.4. The van der Waals surface area contributed by atoms with Gasteiger partial charge in [0.25, 0.3) is 0 Å². The lowest BCUT2D eigenvalue weighted by atomic mass is 10.1. The van der Waals surface area contributed by atoms with Crippen molar-refractivity contribution in [3.05, 3.63) is 66.2 Å². The van der Waals surface area contributed by atoms with Crippen LogP contribution in [0, 0.1) is 0 Å². The number of rotatable bonds is 6. The molecule has 4 rings (SSSR count). The first-order chi connectivity index (χ1) is 14.6. The van der Waals surface area contributed by atoms with E-state index in [-0.39, 0.29) is 5.69 Å². The molecule has 0 N–H and O–H groups in total. The maximum atomic E-state index is 12.7. The van der Waals surface area contributed by atoms with Gasteiger partial charge < -0.3 is 4.74 Å². The fourth-order valence-electron chi connectivity index (χ4n) is 3.14. The number of methoxy groups -OCH3 is 1. The Kier molecular flexibility index (Phi) is 5.76. The Balaban J connectivity index is 1.72. The molecule has 6 nitrogen and oxygen atoms in total. The number of carbonyl (C=O) groups is 1. The minimum Gasteiger partial charge on any atom is -0.464 e. The number of aromatic nitrogens is 4. The molecule has 3 heterocycles. The lowest BCUT2D eigenvalue weighted by Crippen LogP contribution is -2.03. The van der Waals surface area contributed by atoms with Crippen LogP contribution in [0.25, 0.3) is 22.0 Å². The highest BCUT2D eigenvalue weighted by atomic mass is 32.2. The Morgan fingerprint density at radius 2 is 1.97 bits per heavy atom. The van der Waals surface area contributed by atoms with Crippen LogP contribution in [0.5, 0.6) is 0 Å². The molecule has 1 aromatic carbocycles. The van der Waals surface area contributed by atoms with Gasteiger partial charge in [-0.3, -0.25) is 4.68 Å². The molecule has 0 saturated heterocycles. The summed E-state index contributed by atoms with van der Waals surface area (Å²) >= 11 is 1.49. The number of alkyl halides is 1. The summed E-state index contributed by atoms with van der Waals surface area (Å²) in [7, 11) is 1.34. The van der Waals surface area contributed by atoms with E-state index in [4.69, 9.17) is 4.74 Å². The first kappa shape index (κ1) is 20.0. The van der Waals surface area contributed by atoms with E-state index in [2.05, 4.69) is 15.1 Å². The highest BCUT2D eigenvalue weighted by Gasteiger charge is 2.15. The van der Waals surface area contributed by atoms with Crippen molar-refractivity contribution in [1.82, 2.24) is 19.7 Å². The minimum atomic E-state index is -0.528. The Hall–Kier alpha value is -3.26. The smallest absolute Gasteiger partial charge is 0.356 e. The second-order valence-corrected chi connectivity index (χ2v) is 7.60. The molecular formula is C22H19FN4O2S. The quantitative estimate of drug-likeness (QED) is 0.411. The van der Waals surface area contributed by atoms with Gasteiger partial charge in [-0.2, -0.15) is 5.10 Å². The molecule has 4 aromatic rings. The summed E-state index contributed by atoms with van der Waals surface area (Å²) in [6.45, 7) is 2.21. The predicted molar refractivity (Wildman–Crippen MR) is 113 cm³/mol. The topological polar surface area (TPSA) is 69.9 Å². The van der Waals surface area contributed by atoms with Crippen molar-refractivity contribution in [1.29, 1.82) is 0 Å². The Morgan fingerprint density at radius 3 is 2.67 bits per heavy atom. The number of carbonyl (C=O) groups excluding carboxylic acids is 1. The Bertz CT molecular complexity index is 1210. The van der Waals surface area contributed by atoms with Crippen LogP contribution in [0.2, 0.25) is 0 Å². The summed E-state index contributed by atoms with van der Waals surface area (Å²) in [5.74, 6) is -0.463. The highest BCUT2D eigenvalue weighted by Crippen LogP contribution is 2.36. The number of hydrogen-bond acceptors (Lipinski definition) is 6. The average molecular weight is 422 g/mol. The number of esters is 1. The molecule has 0 aliphatic carbocycles. The maximum Gasteiger partial charge on any atom is 0.356 e. The first-order valence-corrected chi connectivity index (χ1v) is 10.2. The second-order valence-electron chi connectivity index (χ2n) is 6.54. The Labute approximate surface area is 177 Å². The molecule has 152 valence electrons. The van der Waals surface area contributed by atoms with Gasteiger partial charge in [0.05, 0.1) is 23.9 Å². The van der Waals surface area contributed by atoms with Crippen molar-refractivity contribution in [2.75, 3.05) is 7.11 Å². The zero-order valence-corrected chi connectivity index (χ0v) is 17.3. The van der Waals surface area contributed by atoms with Crippen molar-refractivity contribution in [3.63, 3.8) is 0 Å². The molecule has 0 atom stereocenters. The molecule has 0 radical (unpaired) electrons. The van der Waals surface area contributed by atoms with E-state index in [1.807, 2.05) is 42.1 Å². The maximum absolute atomic E-state index is 12.7. The van der Waals surface area contributed by atoms with Gasteiger partial charge in [0.15, 0.2) is 0 Å². The van der Waals surface area contributed by atoms with Crippen LogP contribution in [-0.2, 0) is 18.0 Å². The van der Waals surface area contributed by atoms with E-state index in [0.29, 0.717) is 12.1 Å². The normalized spacial score (nSPS) is 11.0. The fraction of sp³-hybridized carbons (Fsp3) is 0.182. The molecule has 30 heavy (non-hydrogen) atoms. The van der Waals surface area contributed by atoms with Crippen molar-refractivity contribution in [2.45, 2.75) is 30.1 Å². The van der Waals surface area contributed by atoms with Crippen molar-refractivity contribution < 1.29 is 13.9 Å². The van der Waals surface area contributed by atoms with Gasteiger partial charge in [-0.25, -0.2) is 19.2 Å². The summed E-state index contributed by atoms with van der Waals surface area (Å²) in [5.41, 5.74) is 2.78. The fourth-order valence-corrected chi connectivity index (χ4v) is 4.03. The lowest BCUT2D eigenvalue weighted by molar-refractivity contribution is 0.0594. The summed E-state index contributed by atoms with van der Waals surface area (Å²) in [6, 6.07) is 11.2. The summed E-state index contributed by atoms with van der Waals surface area (Å²) in [6.07, 6.45) is 5.03. The van der Waals surface area contributed by atoms with Crippen LogP contribution >= 0.6 is 11.8 Å². The second kappa shape index (κ2) is 8.62. The van der Waals surface area contributed by atoms with Crippen LogP contribution in [0.4, 0.5) is 4.39 Å². The van der Waals surface area contributed by atoms with Crippen LogP contribution < -0.4 is 0 Å². The number of nitrogens with zero attached hydrogens (tertiary/aromatic N) is 4. The summed E-state index contributed by atoms with van der Waals surface area (Å²) in [5, 5.41) is 7.08. The monoisotopic (exact) mass is 422 g/mol. The lowest BCUT2D eigenvalue weighted by Gasteiger charge is -2.10. The molecule has 0 fully saturated rings. The third kappa shape index (κ3) is 3.91. The van der Waals surface area contributed by atoms with Crippen molar-refractivity contribution in [2.24, 2.45) is 0 Å². The van der Waals surface area contributed by atoms with E-state index in [0.717, 1.165) is 32.0 Å². The van der Waals surface area contributed by atoms with Crippen LogP contribution in [-0.4, -0.2) is 32.8 Å². The van der Waals surface area contributed by atoms with Crippen LogP contribution in [0.15, 0.2) is 64.9 Å². The van der Waals surface area contributed by atoms with E-state index in [1.54, 1.807) is 24.5 Å². The first-order valence-electron chi connectivity index (χ1n) is 9.36. The molecule has 0 amide bonds. The SMILES string of the molecule is CCn1ncc(Sc2ccc(CF)cn2)c1-c1ccc2cc(C(=O)OC)ncc2c1. The number of fused-ring (bicyclic) bond motifs is 1. The van der Waals surface area contributed by atoms with Gasteiger partial charge in [0, 0.05) is 35.5 Å². The van der Waals surface area contributed by atoms with Crippen LogP contribution in [0.3, 0.4) is 0 Å². The zero-order chi connectivity index (χ0) is 21.1. The van der Waals surface area contributed by atoms with Gasteiger partial charge in [-0.15, -0.1) is 0 Å². The Morgan fingerprint density at radius 1 is 1.10 bits per heavy atom. The van der Waals surface area contributed by atoms with E-state index in [1.165, 1.54) is 18.9 Å². The van der Waals surface area contributed by atoms with Gasteiger partial charge >= 0.3 is 5.97 Å². The van der Waals surface area contributed by atoms with Crippen molar-refractivity contribution >= 4 is 28.5 Å². The average Bonchev–Trinajstić information content (AvgIpc) is 3.20. The third-order valence-electron chi connectivity index (χ3n) is 4.66. The van der Waals surface area contributed by atoms with E-state index >= 15 is 0 Å². The van der Waals surface area contributed by atoms with Gasteiger partial charge in [-0.1, -0.05) is 30.0 Å². The molecule has 0 unspecified atom stereocenters. The standard InChI is InChI=1S/C22H19FN4O2S/c1-3-27-21(19(13-26-27)30-20-7-4-14(10-23)11-25-20)16-6-5-15-9-18(22(28)29-2)24-12-17(15)8-16/h4-9,11-13H,3,10H2,1-2H3. The predicted octanol–water partition coefficient (Wildman–Crippen LogP) is 4.92. The number of pyridine rings is 2. The molecule has 8 heteroatoms. The van der Waals surface area contributed by atoms with Gasteiger partial charge in [0.2, 0.25) is 0 Å². The number of aryl methyl sites for hydroxylation is 1. The molecule has 0 saturated carbocycles. The molecule has 0 bridgehead atoms. The molecular weight excluding hydrogens is 403 g/mol. The largest absolute Gasteiger partial charge is 0.464 e. The molecule has 0 spiro atoms. The van der Waals surface area contributed by atoms with Crippen LogP contribution in [0.1, 0.15) is 23.0 Å². The number of halogens is 1. The minimum absolute atomic E-state index is 0.274. The van der Waals surface area contributed by atoms with Gasteiger partial charge in [-0.05, 0) is 30.5 Å². The number of ether oxygens (including phenoxy) is 1. The van der Waals surface area contributed by atoms with Crippen molar-refractivity contribution in [3.8, 4) is 11.3 Å². The van der Waals surface area contributed by atoms with E-state index in [9.17, 15) is 9.18 Å².